The fraction of sp³-hybridized carbons (Fsp3) is 0.294. The largest absolute Gasteiger partial charge is 0.497 e. The molecule has 0 radical (unpaired) electrons. The quantitative estimate of drug-likeness (QED) is 0.252. The van der Waals surface area contributed by atoms with Crippen LogP contribution in [-0.4, -0.2) is 51.7 Å². The molecule has 1 fully saturated rings. The van der Waals surface area contributed by atoms with Gasteiger partial charge in [-0.1, -0.05) is 48.5 Å². The molecule has 0 unspecified atom stereocenters. The number of aromatic nitrogens is 3. The van der Waals surface area contributed by atoms with Crippen LogP contribution in [0.5, 0.6) is 5.75 Å². The molecule has 2 N–H and O–H groups in total. The van der Waals surface area contributed by atoms with Gasteiger partial charge in [-0.3, -0.25) is 14.3 Å². The van der Waals surface area contributed by atoms with Crippen LogP contribution < -0.4 is 15.0 Å². The number of aryl methyl sites for hydroxylation is 1. The molecule has 3 heterocycles. The number of rotatable bonds is 10. The fourth-order valence-corrected chi connectivity index (χ4v) is 6.21. The number of fused-ring (bicyclic) bond motifs is 2. The number of amides is 2. The van der Waals surface area contributed by atoms with Crippen LogP contribution in [0, 0.1) is 5.92 Å². The zero-order valence-corrected chi connectivity index (χ0v) is 24.7. The van der Waals surface area contributed by atoms with Crippen molar-refractivity contribution in [3.05, 3.63) is 114 Å². The summed E-state index contributed by atoms with van der Waals surface area (Å²) in [6.07, 6.45) is 3.64. The molecule has 2 amide bonds. The molecule has 1 aromatic heterocycles. The average molecular weight is 594 g/mol. The highest BCUT2D eigenvalue weighted by molar-refractivity contribution is 6.09. The summed E-state index contributed by atoms with van der Waals surface area (Å²) in [5.74, 6) is 0.150. The number of carbonyl (C=O) groups is 2. The van der Waals surface area contributed by atoms with Gasteiger partial charge in [0.15, 0.2) is 5.60 Å². The van der Waals surface area contributed by atoms with E-state index in [-0.39, 0.29) is 23.8 Å². The summed E-state index contributed by atoms with van der Waals surface area (Å²) in [5.41, 5.74) is 2.59. The van der Waals surface area contributed by atoms with E-state index in [1.165, 1.54) is 0 Å². The van der Waals surface area contributed by atoms with Crippen molar-refractivity contribution in [3.8, 4) is 5.75 Å². The highest BCUT2D eigenvalue weighted by atomic mass is 16.5. The lowest BCUT2D eigenvalue weighted by Crippen LogP contribution is -2.44. The molecule has 0 aliphatic carbocycles. The fourth-order valence-electron chi connectivity index (χ4n) is 6.21. The molecule has 44 heavy (non-hydrogen) atoms. The maximum Gasteiger partial charge on any atom is 0.264 e. The molecule has 2 aliphatic heterocycles. The molecule has 4 aromatic rings. The lowest BCUT2D eigenvalue weighted by Gasteiger charge is -2.28. The van der Waals surface area contributed by atoms with Crippen LogP contribution in [0.2, 0.25) is 0 Å². The molecule has 2 aliphatic rings. The number of aliphatic hydroxyl groups excluding tert-OH is 1. The van der Waals surface area contributed by atoms with Gasteiger partial charge in [0.25, 0.3) is 11.8 Å². The van der Waals surface area contributed by atoms with Gasteiger partial charge in [-0.2, -0.15) is 0 Å². The third-order valence-electron chi connectivity index (χ3n) is 8.47. The first-order chi connectivity index (χ1) is 21.3. The Labute approximate surface area is 255 Å². The van der Waals surface area contributed by atoms with E-state index in [0.29, 0.717) is 48.6 Å². The molecule has 10 nitrogen and oxygen atoms in total. The van der Waals surface area contributed by atoms with Crippen LogP contribution in [0.25, 0.3) is 0 Å². The number of hydrogen-bond acceptors (Lipinski definition) is 7. The van der Waals surface area contributed by atoms with Crippen LogP contribution in [-0.2, 0) is 21.7 Å². The summed E-state index contributed by atoms with van der Waals surface area (Å²) in [7, 11) is 1.58. The number of nitrogens with one attached hydrogen (secondary N) is 1. The van der Waals surface area contributed by atoms with Crippen LogP contribution in [0.4, 0.5) is 11.4 Å². The molecule has 6 rings (SSSR count). The minimum Gasteiger partial charge on any atom is -0.497 e. The van der Waals surface area contributed by atoms with Gasteiger partial charge in [0.2, 0.25) is 0 Å². The first-order valence-corrected chi connectivity index (χ1v) is 14.7. The first-order valence-electron chi connectivity index (χ1n) is 14.7. The summed E-state index contributed by atoms with van der Waals surface area (Å²) >= 11 is 0. The Hall–Kier alpha value is -4.80. The van der Waals surface area contributed by atoms with Gasteiger partial charge in [0.05, 0.1) is 25.1 Å². The standard InChI is InChI=1S/C34H35N5O5/c1-4-17-39-30-15-12-25(35-32(41)24-10-13-26(43-3)14-11-24)20-28(30)34(33(39)42)22(2)19-27(44-34)16-18-38-21-29(36-37-38)31(40)23-8-6-5-7-9-23/h4-15,20-22,27,31,40H,1,16-19H2,2-3H3,(H,35,41)/t22-,27+,31-,34+/m1/s1. The number of hydrogen-bond donors (Lipinski definition) is 2. The Kier molecular flexibility index (Phi) is 8.03. The SMILES string of the molecule is C=CCN1C(=O)[C@@]2(O[C@@H](CCn3cc([C@H](O)c4ccccc4)nn3)C[C@H]2C)c2cc(NC(=O)c3ccc(OC)cc3)ccc21. The zero-order valence-electron chi connectivity index (χ0n) is 24.7. The van der Waals surface area contributed by atoms with Crippen molar-refractivity contribution in [1.29, 1.82) is 0 Å². The van der Waals surface area contributed by atoms with Crippen molar-refractivity contribution < 1.29 is 24.2 Å². The van der Waals surface area contributed by atoms with E-state index in [1.807, 2.05) is 49.4 Å². The molecule has 3 aromatic carbocycles. The lowest BCUT2D eigenvalue weighted by molar-refractivity contribution is -0.145. The van der Waals surface area contributed by atoms with Crippen molar-refractivity contribution in [2.45, 2.75) is 44.1 Å². The van der Waals surface area contributed by atoms with E-state index >= 15 is 0 Å². The molecule has 4 atom stereocenters. The number of carbonyl (C=O) groups excluding carboxylic acids is 2. The van der Waals surface area contributed by atoms with Crippen LogP contribution in [0.1, 0.15) is 53.0 Å². The highest BCUT2D eigenvalue weighted by Crippen LogP contribution is 2.54. The van der Waals surface area contributed by atoms with E-state index in [1.54, 1.807) is 59.3 Å². The molecule has 0 bridgehead atoms. The molecular formula is C34H35N5O5. The number of ether oxygens (including phenoxy) is 2. The molecule has 0 saturated carbocycles. The minimum atomic E-state index is -1.18. The topological polar surface area (TPSA) is 119 Å². The van der Waals surface area contributed by atoms with Gasteiger partial charge in [0.1, 0.15) is 17.5 Å². The molecule has 1 spiro atoms. The van der Waals surface area contributed by atoms with Crippen LogP contribution in [0.15, 0.2) is 91.6 Å². The third-order valence-corrected chi connectivity index (χ3v) is 8.47. The summed E-state index contributed by atoms with van der Waals surface area (Å²) in [6, 6.07) is 21.7. The molecular weight excluding hydrogens is 558 g/mol. The Balaban J connectivity index is 1.20. The van der Waals surface area contributed by atoms with Gasteiger partial charge in [-0.15, -0.1) is 11.7 Å². The maximum atomic E-state index is 14.0. The van der Waals surface area contributed by atoms with Crippen molar-refractivity contribution >= 4 is 23.2 Å². The van der Waals surface area contributed by atoms with Crippen molar-refractivity contribution in [2.75, 3.05) is 23.9 Å². The number of aliphatic hydroxyl groups is 1. The van der Waals surface area contributed by atoms with Gasteiger partial charge < -0.3 is 24.8 Å². The summed E-state index contributed by atoms with van der Waals surface area (Å²) in [5, 5.41) is 22.0. The zero-order chi connectivity index (χ0) is 30.8. The van der Waals surface area contributed by atoms with Crippen LogP contribution >= 0.6 is 0 Å². The van der Waals surface area contributed by atoms with Gasteiger partial charge in [-0.05, 0) is 60.9 Å². The predicted octanol–water partition coefficient (Wildman–Crippen LogP) is 4.86. The monoisotopic (exact) mass is 593 g/mol. The highest BCUT2D eigenvalue weighted by Gasteiger charge is 2.60. The molecule has 10 heteroatoms. The minimum absolute atomic E-state index is 0.118. The Morgan fingerprint density at radius 3 is 2.70 bits per heavy atom. The number of anilines is 2. The van der Waals surface area contributed by atoms with Gasteiger partial charge in [0, 0.05) is 35.8 Å². The lowest BCUT2D eigenvalue weighted by atomic mass is 9.82. The second kappa shape index (κ2) is 12.1. The van der Waals surface area contributed by atoms with Crippen LogP contribution in [0.3, 0.4) is 0 Å². The second-order valence-electron chi connectivity index (χ2n) is 11.2. The summed E-state index contributed by atoms with van der Waals surface area (Å²) < 4.78 is 13.6. The Morgan fingerprint density at radius 2 is 1.98 bits per heavy atom. The van der Waals surface area contributed by atoms with E-state index < -0.39 is 11.7 Å². The summed E-state index contributed by atoms with van der Waals surface area (Å²) in [6.45, 7) is 6.74. The van der Waals surface area contributed by atoms with Gasteiger partial charge in [-0.25, -0.2) is 0 Å². The first kappa shape index (κ1) is 29.3. The number of methoxy groups -OCH3 is 1. The van der Waals surface area contributed by atoms with E-state index in [9.17, 15) is 14.7 Å². The van der Waals surface area contributed by atoms with Crippen molar-refractivity contribution in [1.82, 2.24) is 15.0 Å². The Bertz CT molecular complexity index is 1670. The predicted molar refractivity (Wildman–Crippen MR) is 165 cm³/mol. The molecule has 226 valence electrons. The van der Waals surface area contributed by atoms with Crippen molar-refractivity contribution in [2.24, 2.45) is 5.92 Å². The molecule has 1 saturated heterocycles. The normalized spacial score (nSPS) is 21.3. The van der Waals surface area contributed by atoms with Gasteiger partial charge >= 0.3 is 0 Å². The smallest absolute Gasteiger partial charge is 0.264 e. The Morgan fingerprint density at radius 1 is 1.20 bits per heavy atom. The van der Waals surface area contributed by atoms with Crippen molar-refractivity contribution in [3.63, 3.8) is 0 Å². The van der Waals surface area contributed by atoms with E-state index in [4.69, 9.17) is 9.47 Å². The maximum absolute atomic E-state index is 14.0. The summed E-state index contributed by atoms with van der Waals surface area (Å²) in [4.78, 5) is 28.7. The van der Waals surface area contributed by atoms with E-state index in [0.717, 1.165) is 16.8 Å². The number of benzene rings is 3. The third kappa shape index (κ3) is 5.27. The van der Waals surface area contributed by atoms with E-state index in [2.05, 4.69) is 22.2 Å². The second-order valence-corrected chi connectivity index (χ2v) is 11.2. The number of nitrogens with zero attached hydrogens (tertiary/aromatic N) is 4. The average Bonchev–Trinajstić information content (AvgIpc) is 3.72.